The number of ether oxygens (including phenoxy) is 1. The minimum absolute atomic E-state index is 0.181. The van der Waals surface area contributed by atoms with E-state index in [-0.39, 0.29) is 5.69 Å². The molecule has 94 valence electrons. The highest BCUT2D eigenvalue weighted by Crippen LogP contribution is 2.04. The molecule has 0 saturated heterocycles. The zero-order valence-corrected chi connectivity index (χ0v) is 10.1. The van der Waals surface area contributed by atoms with E-state index in [4.69, 9.17) is 0 Å². The fourth-order valence-electron chi connectivity index (χ4n) is 1.37. The van der Waals surface area contributed by atoms with Crippen molar-refractivity contribution in [2.75, 3.05) is 12.4 Å². The lowest BCUT2D eigenvalue weighted by Crippen LogP contribution is -2.09. The van der Waals surface area contributed by atoms with E-state index in [0.29, 0.717) is 12.4 Å². The van der Waals surface area contributed by atoms with Crippen LogP contribution in [-0.2, 0) is 18.3 Å². The zero-order chi connectivity index (χ0) is 13.0. The normalized spacial score (nSPS) is 10.1. The predicted molar refractivity (Wildman–Crippen MR) is 63.9 cm³/mol. The summed E-state index contributed by atoms with van der Waals surface area (Å²) in [6, 6.07) is 0. The van der Waals surface area contributed by atoms with Crippen molar-refractivity contribution in [2.45, 2.75) is 6.54 Å². The maximum atomic E-state index is 11.2. The van der Waals surface area contributed by atoms with Gasteiger partial charge in [0, 0.05) is 19.4 Å². The van der Waals surface area contributed by atoms with Crippen LogP contribution in [0, 0.1) is 0 Å². The van der Waals surface area contributed by atoms with Crippen LogP contribution in [0.15, 0.2) is 24.8 Å². The van der Waals surface area contributed by atoms with E-state index >= 15 is 0 Å². The Hall–Kier alpha value is -2.44. The zero-order valence-electron chi connectivity index (χ0n) is 10.1. The highest BCUT2D eigenvalue weighted by Gasteiger charge is 2.07. The molecule has 0 radical (unpaired) electrons. The Labute approximate surface area is 104 Å². The number of carbonyl (C=O) groups excluding carboxylic acids is 1. The number of hydrogen-bond acceptors (Lipinski definition) is 6. The van der Waals surface area contributed by atoms with Crippen molar-refractivity contribution in [1.29, 1.82) is 0 Å². The monoisotopic (exact) mass is 247 g/mol. The van der Waals surface area contributed by atoms with E-state index < -0.39 is 5.97 Å². The van der Waals surface area contributed by atoms with Crippen LogP contribution < -0.4 is 5.32 Å². The Morgan fingerprint density at radius 1 is 1.39 bits per heavy atom. The standard InChI is InChI=1S/C11H13N5O2/c1-16-4-3-12-10(16)7-15-9-6-13-8(5-14-9)11(17)18-2/h3-6H,7H2,1-2H3,(H,14,15). The number of nitrogens with one attached hydrogen (secondary N) is 1. The number of aromatic nitrogens is 4. The first-order chi connectivity index (χ1) is 8.70. The van der Waals surface area contributed by atoms with E-state index in [1.807, 2.05) is 17.8 Å². The molecule has 0 unspecified atom stereocenters. The van der Waals surface area contributed by atoms with Crippen LogP contribution >= 0.6 is 0 Å². The van der Waals surface area contributed by atoms with Gasteiger partial charge in [0.2, 0.25) is 0 Å². The molecule has 0 amide bonds. The largest absolute Gasteiger partial charge is 0.464 e. The van der Waals surface area contributed by atoms with Crippen molar-refractivity contribution < 1.29 is 9.53 Å². The quantitative estimate of drug-likeness (QED) is 0.797. The maximum Gasteiger partial charge on any atom is 0.358 e. The summed E-state index contributed by atoms with van der Waals surface area (Å²) in [5, 5.41) is 3.06. The molecule has 0 fully saturated rings. The van der Waals surface area contributed by atoms with Crippen LogP contribution in [0.1, 0.15) is 16.3 Å². The molecule has 0 aliphatic carbocycles. The average Bonchev–Trinajstić information content (AvgIpc) is 2.81. The molecule has 0 saturated carbocycles. The number of carbonyl (C=O) groups is 1. The number of methoxy groups -OCH3 is 1. The van der Waals surface area contributed by atoms with Crippen molar-refractivity contribution in [3.05, 3.63) is 36.3 Å². The van der Waals surface area contributed by atoms with E-state index in [0.717, 1.165) is 5.82 Å². The molecule has 0 bridgehead atoms. The van der Waals surface area contributed by atoms with Crippen LogP contribution in [0.4, 0.5) is 5.82 Å². The maximum absolute atomic E-state index is 11.2. The number of aryl methyl sites for hydroxylation is 1. The summed E-state index contributed by atoms with van der Waals surface area (Å²) in [4.78, 5) is 23.3. The lowest BCUT2D eigenvalue weighted by Gasteiger charge is -2.05. The summed E-state index contributed by atoms with van der Waals surface area (Å²) in [5.74, 6) is 0.956. The molecule has 2 rings (SSSR count). The number of esters is 1. The molecule has 18 heavy (non-hydrogen) atoms. The fourth-order valence-corrected chi connectivity index (χ4v) is 1.37. The number of nitrogens with zero attached hydrogens (tertiary/aromatic N) is 4. The summed E-state index contributed by atoms with van der Waals surface area (Å²) in [6.07, 6.45) is 6.44. The lowest BCUT2D eigenvalue weighted by atomic mass is 10.4. The van der Waals surface area contributed by atoms with Gasteiger partial charge in [0.25, 0.3) is 0 Å². The number of imidazole rings is 1. The van der Waals surface area contributed by atoms with Gasteiger partial charge in [-0.2, -0.15) is 0 Å². The third-order valence-corrected chi connectivity index (χ3v) is 2.39. The minimum Gasteiger partial charge on any atom is -0.464 e. The van der Waals surface area contributed by atoms with Crippen LogP contribution in [0.3, 0.4) is 0 Å². The van der Waals surface area contributed by atoms with Crippen molar-refractivity contribution in [3.8, 4) is 0 Å². The van der Waals surface area contributed by atoms with E-state index in [2.05, 4.69) is 25.0 Å². The lowest BCUT2D eigenvalue weighted by molar-refractivity contribution is 0.0593. The van der Waals surface area contributed by atoms with Gasteiger partial charge in [0.15, 0.2) is 5.69 Å². The van der Waals surface area contributed by atoms with E-state index in [1.165, 1.54) is 19.5 Å². The summed E-state index contributed by atoms with van der Waals surface area (Å²) in [5.41, 5.74) is 0.181. The van der Waals surface area contributed by atoms with Gasteiger partial charge in [0.1, 0.15) is 11.6 Å². The van der Waals surface area contributed by atoms with Gasteiger partial charge in [-0.05, 0) is 0 Å². The Morgan fingerprint density at radius 2 is 2.22 bits per heavy atom. The second-order valence-corrected chi connectivity index (χ2v) is 3.59. The van der Waals surface area contributed by atoms with Gasteiger partial charge in [-0.3, -0.25) is 0 Å². The van der Waals surface area contributed by atoms with Gasteiger partial charge in [0.05, 0.1) is 26.0 Å². The highest BCUT2D eigenvalue weighted by atomic mass is 16.5. The van der Waals surface area contributed by atoms with Gasteiger partial charge in [-0.1, -0.05) is 0 Å². The van der Waals surface area contributed by atoms with Crippen LogP contribution in [-0.4, -0.2) is 32.6 Å². The average molecular weight is 247 g/mol. The van der Waals surface area contributed by atoms with Crippen LogP contribution in [0.2, 0.25) is 0 Å². The SMILES string of the molecule is COC(=O)c1cnc(NCc2nccn2C)cn1. The smallest absolute Gasteiger partial charge is 0.358 e. The van der Waals surface area contributed by atoms with E-state index in [9.17, 15) is 4.79 Å². The molecule has 7 nitrogen and oxygen atoms in total. The Bertz CT molecular complexity index is 535. The first-order valence-electron chi connectivity index (χ1n) is 5.31. The first kappa shape index (κ1) is 12.0. The molecule has 7 heteroatoms. The van der Waals surface area contributed by atoms with Gasteiger partial charge in [-0.15, -0.1) is 0 Å². The Morgan fingerprint density at radius 3 is 2.78 bits per heavy atom. The molecular weight excluding hydrogens is 234 g/mol. The molecule has 0 aromatic carbocycles. The summed E-state index contributed by atoms with van der Waals surface area (Å²) in [6.45, 7) is 0.537. The number of hydrogen-bond donors (Lipinski definition) is 1. The molecule has 2 heterocycles. The van der Waals surface area contributed by atoms with Crippen molar-refractivity contribution >= 4 is 11.8 Å². The number of rotatable bonds is 4. The second kappa shape index (κ2) is 5.26. The molecule has 0 aliphatic heterocycles. The predicted octanol–water partition coefficient (Wildman–Crippen LogP) is 0.609. The molecule has 1 N–H and O–H groups in total. The minimum atomic E-state index is -0.502. The van der Waals surface area contributed by atoms with Gasteiger partial charge >= 0.3 is 5.97 Å². The van der Waals surface area contributed by atoms with Crippen molar-refractivity contribution in [2.24, 2.45) is 7.05 Å². The summed E-state index contributed by atoms with van der Waals surface area (Å²) >= 11 is 0. The molecular formula is C11H13N5O2. The third kappa shape index (κ3) is 2.62. The van der Waals surface area contributed by atoms with Gasteiger partial charge < -0.3 is 14.6 Å². The molecule has 0 atom stereocenters. The first-order valence-corrected chi connectivity index (χ1v) is 5.31. The molecule has 0 spiro atoms. The van der Waals surface area contributed by atoms with Crippen molar-refractivity contribution in [3.63, 3.8) is 0 Å². The third-order valence-electron chi connectivity index (χ3n) is 2.39. The highest BCUT2D eigenvalue weighted by molar-refractivity contribution is 5.86. The second-order valence-electron chi connectivity index (χ2n) is 3.59. The Balaban J connectivity index is 1.98. The summed E-state index contributed by atoms with van der Waals surface area (Å²) < 4.78 is 6.44. The Kier molecular flexibility index (Phi) is 3.52. The molecule has 2 aromatic rings. The van der Waals surface area contributed by atoms with E-state index in [1.54, 1.807) is 6.20 Å². The molecule has 2 aromatic heterocycles. The van der Waals surface area contributed by atoms with Crippen LogP contribution in [0.25, 0.3) is 0 Å². The van der Waals surface area contributed by atoms with Crippen LogP contribution in [0.5, 0.6) is 0 Å². The fraction of sp³-hybridized carbons (Fsp3) is 0.273. The van der Waals surface area contributed by atoms with Gasteiger partial charge in [-0.25, -0.2) is 19.7 Å². The molecule has 0 aliphatic rings. The topological polar surface area (TPSA) is 81.9 Å². The number of anilines is 1. The van der Waals surface area contributed by atoms with Crippen molar-refractivity contribution in [1.82, 2.24) is 19.5 Å². The summed E-state index contributed by atoms with van der Waals surface area (Å²) in [7, 11) is 3.22.